The number of carbonyl (C=O) groups excluding carboxylic acids is 1. The molecule has 1 aromatic carbocycles. The molecular weight excluding hydrogens is 380 g/mol. The van der Waals surface area contributed by atoms with Crippen LogP contribution in [0.15, 0.2) is 23.1 Å². The van der Waals surface area contributed by atoms with Gasteiger partial charge in [0.05, 0.1) is 13.2 Å². The van der Waals surface area contributed by atoms with Crippen LogP contribution in [0.25, 0.3) is 5.53 Å². The van der Waals surface area contributed by atoms with Gasteiger partial charge in [0.2, 0.25) is 0 Å². The highest BCUT2D eigenvalue weighted by Crippen LogP contribution is 2.31. The quantitative estimate of drug-likeness (QED) is 0.190. The number of ether oxygens (including phenoxy) is 2. The minimum atomic E-state index is -4.37. The lowest BCUT2D eigenvalue weighted by atomic mass is 9.91. The van der Waals surface area contributed by atoms with Crippen molar-refractivity contribution in [2.45, 2.75) is 65.2 Å². The second-order valence-electron chi connectivity index (χ2n) is 7.50. The summed E-state index contributed by atoms with van der Waals surface area (Å²) in [7, 11) is -4.37. The number of unbranched alkanes of at least 4 members (excludes halogenated alkanes) is 2. The molecule has 0 N–H and O–H groups in total. The zero-order chi connectivity index (χ0) is 21.4. The largest absolute Gasteiger partial charge is 0.493 e. The molecule has 7 nitrogen and oxygen atoms in total. The highest BCUT2D eigenvalue weighted by atomic mass is 32.2. The van der Waals surface area contributed by atoms with Gasteiger partial charge in [0, 0.05) is 11.5 Å². The van der Waals surface area contributed by atoms with Crippen LogP contribution in [0.3, 0.4) is 0 Å². The monoisotopic (exact) mass is 410 g/mol. The van der Waals surface area contributed by atoms with Gasteiger partial charge in [-0.15, -0.1) is 4.79 Å². The fraction of sp³-hybridized carbons (Fsp3) is 0.600. The SMILES string of the molecule is CCCCOc1ccc(S(=O)(=O)C(=[N+]=[N-])C(=O)C(C)(C)C)c(OCCCC)c1. The number of hydrogen-bond acceptors (Lipinski definition) is 5. The van der Waals surface area contributed by atoms with Gasteiger partial charge >= 0.3 is 5.04 Å². The number of sulfone groups is 1. The normalized spacial score (nSPS) is 11.6. The van der Waals surface area contributed by atoms with Crippen LogP contribution in [0.4, 0.5) is 0 Å². The zero-order valence-electron chi connectivity index (χ0n) is 17.3. The average molecular weight is 411 g/mol. The first-order chi connectivity index (χ1) is 13.1. The summed E-state index contributed by atoms with van der Waals surface area (Å²) < 4.78 is 37.4. The van der Waals surface area contributed by atoms with Crippen molar-refractivity contribution >= 4 is 20.7 Å². The van der Waals surface area contributed by atoms with E-state index in [4.69, 9.17) is 9.47 Å². The average Bonchev–Trinajstić information content (AvgIpc) is 2.61. The Morgan fingerprint density at radius 2 is 1.64 bits per heavy atom. The first-order valence-electron chi connectivity index (χ1n) is 9.51. The molecule has 0 aromatic heterocycles. The summed E-state index contributed by atoms with van der Waals surface area (Å²) in [5.74, 6) is -0.230. The number of ketones is 1. The van der Waals surface area contributed by atoms with Crippen molar-refractivity contribution in [3.05, 3.63) is 23.7 Å². The molecule has 0 heterocycles. The maximum Gasteiger partial charge on any atom is 0.452 e. The number of benzene rings is 1. The van der Waals surface area contributed by atoms with E-state index in [1.54, 1.807) is 20.8 Å². The molecule has 0 radical (unpaired) electrons. The first kappa shape index (κ1) is 23.9. The standard InChI is InChI=1S/C20H30N2O5S/c1-6-8-12-26-15-10-11-17(16(14-15)27-13-9-7-2)28(24,25)19(22-21)18(23)20(3,4)5/h10-11,14H,6-9,12-13H2,1-5H3. The van der Waals surface area contributed by atoms with Crippen molar-refractivity contribution in [2.24, 2.45) is 5.41 Å². The molecule has 0 unspecified atom stereocenters. The summed E-state index contributed by atoms with van der Waals surface area (Å²) in [5, 5.41) is -0.903. The van der Waals surface area contributed by atoms with E-state index in [9.17, 15) is 18.7 Å². The number of rotatable bonds is 10. The molecule has 0 fully saturated rings. The van der Waals surface area contributed by atoms with E-state index < -0.39 is 26.1 Å². The van der Waals surface area contributed by atoms with Gasteiger partial charge in [-0.2, -0.15) is 0 Å². The molecule has 0 spiro atoms. The molecule has 0 bridgehead atoms. The summed E-state index contributed by atoms with van der Waals surface area (Å²) in [6.07, 6.45) is 3.45. The number of carbonyl (C=O) groups is 1. The van der Waals surface area contributed by atoms with E-state index in [-0.39, 0.29) is 10.6 Å². The van der Waals surface area contributed by atoms with Gasteiger partial charge in [-0.25, -0.2) is 8.42 Å². The van der Waals surface area contributed by atoms with Crippen LogP contribution in [-0.2, 0) is 14.6 Å². The predicted molar refractivity (Wildman–Crippen MR) is 108 cm³/mol. The molecule has 1 aromatic rings. The Kier molecular flexibility index (Phi) is 8.85. The van der Waals surface area contributed by atoms with Crippen molar-refractivity contribution in [2.75, 3.05) is 13.2 Å². The molecule has 0 aliphatic heterocycles. The lowest BCUT2D eigenvalue weighted by Gasteiger charge is -2.15. The Balaban J connectivity index is 3.38. The second kappa shape index (κ2) is 10.4. The van der Waals surface area contributed by atoms with Crippen LogP contribution in [0, 0.1) is 5.41 Å². The van der Waals surface area contributed by atoms with Crippen LogP contribution in [-0.4, -0.2) is 37.2 Å². The Labute approximate surface area is 167 Å². The Hall–Kier alpha value is -2.18. The van der Waals surface area contributed by atoms with Crippen molar-refractivity contribution in [3.63, 3.8) is 0 Å². The minimum Gasteiger partial charge on any atom is -0.493 e. The predicted octanol–water partition coefficient (Wildman–Crippen LogP) is 4.06. The Morgan fingerprint density at radius 3 is 2.14 bits per heavy atom. The van der Waals surface area contributed by atoms with Crippen LogP contribution in [0.5, 0.6) is 11.5 Å². The third-order valence-electron chi connectivity index (χ3n) is 3.95. The first-order valence-corrected chi connectivity index (χ1v) is 11.0. The van der Waals surface area contributed by atoms with Crippen molar-refractivity contribution in [3.8, 4) is 11.5 Å². The molecule has 0 atom stereocenters. The van der Waals surface area contributed by atoms with Crippen LogP contribution in [0.2, 0.25) is 0 Å². The van der Waals surface area contributed by atoms with Gasteiger partial charge in [0.1, 0.15) is 16.4 Å². The zero-order valence-corrected chi connectivity index (χ0v) is 18.1. The third-order valence-corrected chi connectivity index (χ3v) is 5.64. The highest BCUT2D eigenvalue weighted by Gasteiger charge is 2.44. The number of Topliss-reactive ketones (excluding diaryl/α,β-unsaturated/α-hetero) is 1. The number of hydrogen-bond donors (Lipinski definition) is 0. The van der Waals surface area contributed by atoms with E-state index in [0.29, 0.717) is 19.0 Å². The second-order valence-corrected chi connectivity index (χ2v) is 9.33. The topological polar surface area (TPSA) is 106 Å². The van der Waals surface area contributed by atoms with Gasteiger partial charge in [-0.1, -0.05) is 47.5 Å². The molecule has 8 heteroatoms. The summed E-state index contributed by atoms with van der Waals surface area (Å²) in [5.41, 5.74) is 8.26. The molecule has 1 rings (SSSR count). The fourth-order valence-corrected chi connectivity index (χ4v) is 3.72. The third kappa shape index (κ3) is 6.17. The van der Waals surface area contributed by atoms with Gasteiger partial charge in [-0.05, 0) is 25.0 Å². The number of nitrogens with zero attached hydrogens (tertiary/aromatic N) is 2. The smallest absolute Gasteiger partial charge is 0.452 e. The van der Waals surface area contributed by atoms with Crippen LogP contribution >= 0.6 is 0 Å². The highest BCUT2D eigenvalue weighted by molar-refractivity contribution is 8.08. The summed E-state index contributed by atoms with van der Waals surface area (Å²) >= 11 is 0. The van der Waals surface area contributed by atoms with Crippen molar-refractivity contribution in [1.29, 1.82) is 0 Å². The maximum absolute atomic E-state index is 13.0. The van der Waals surface area contributed by atoms with E-state index in [2.05, 4.69) is 4.79 Å². The Bertz CT molecular complexity index is 835. The van der Waals surface area contributed by atoms with E-state index >= 15 is 0 Å². The lowest BCUT2D eigenvalue weighted by molar-refractivity contribution is -0.123. The van der Waals surface area contributed by atoms with Crippen molar-refractivity contribution in [1.82, 2.24) is 0 Å². The van der Waals surface area contributed by atoms with Gasteiger partial charge < -0.3 is 15.0 Å². The molecule has 0 amide bonds. The van der Waals surface area contributed by atoms with E-state index in [1.807, 2.05) is 13.8 Å². The van der Waals surface area contributed by atoms with E-state index in [0.717, 1.165) is 25.7 Å². The van der Waals surface area contributed by atoms with Crippen molar-refractivity contribution < 1.29 is 27.5 Å². The fourth-order valence-electron chi connectivity index (χ4n) is 2.22. The molecule has 0 aliphatic rings. The molecule has 0 saturated heterocycles. The van der Waals surface area contributed by atoms with Crippen LogP contribution < -0.4 is 9.47 Å². The minimum absolute atomic E-state index is 0.0744. The van der Waals surface area contributed by atoms with Gasteiger partial charge in [0.25, 0.3) is 15.6 Å². The summed E-state index contributed by atoms with van der Waals surface area (Å²) in [4.78, 5) is 15.1. The van der Waals surface area contributed by atoms with Gasteiger partial charge in [0.15, 0.2) is 0 Å². The molecule has 0 saturated carbocycles. The lowest BCUT2D eigenvalue weighted by Crippen LogP contribution is -2.35. The molecule has 0 aliphatic carbocycles. The van der Waals surface area contributed by atoms with Gasteiger partial charge in [-0.3, -0.25) is 4.79 Å². The summed E-state index contributed by atoms with van der Waals surface area (Å²) in [6, 6.07) is 4.32. The molecule has 28 heavy (non-hydrogen) atoms. The molecule has 156 valence electrons. The Morgan fingerprint density at radius 1 is 1.07 bits per heavy atom. The van der Waals surface area contributed by atoms with E-state index in [1.165, 1.54) is 18.2 Å². The maximum atomic E-state index is 13.0. The van der Waals surface area contributed by atoms with Crippen LogP contribution in [0.1, 0.15) is 60.3 Å². The summed E-state index contributed by atoms with van der Waals surface area (Å²) in [6.45, 7) is 9.52. The molecular formula is C20H30N2O5S.